The van der Waals surface area contributed by atoms with Gasteiger partial charge < -0.3 is 14.4 Å². The highest BCUT2D eigenvalue weighted by Crippen LogP contribution is 2.11. The van der Waals surface area contributed by atoms with Crippen LogP contribution in [0.3, 0.4) is 0 Å². The first-order valence-electron chi connectivity index (χ1n) is 3.72. The van der Waals surface area contributed by atoms with Crippen molar-refractivity contribution in [2.45, 2.75) is 6.92 Å². The molecule has 1 atom stereocenters. The second-order valence-electron chi connectivity index (χ2n) is 1.86. The molecule has 11 heavy (non-hydrogen) atoms. The van der Waals surface area contributed by atoms with Crippen LogP contribution in [0.4, 0.5) is 0 Å². The summed E-state index contributed by atoms with van der Waals surface area (Å²) in [6, 6.07) is 0. The van der Waals surface area contributed by atoms with E-state index in [4.69, 9.17) is 9.05 Å². The predicted octanol–water partition coefficient (Wildman–Crippen LogP) is 1.32. The van der Waals surface area contributed by atoms with Crippen molar-refractivity contribution in [1.82, 2.24) is 5.32 Å². The maximum Gasteiger partial charge on any atom is 0.155 e. The molecule has 3 nitrogen and oxygen atoms in total. The molecule has 0 radical (unpaired) electrons. The molecule has 0 fully saturated rings. The largest absolute Gasteiger partial charge is 0.337 e. The van der Waals surface area contributed by atoms with E-state index in [0.29, 0.717) is 6.61 Å². The van der Waals surface area contributed by atoms with Crippen LogP contribution in [0.25, 0.3) is 0 Å². The Bertz CT molecular complexity index is 90.5. The Morgan fingerprint density at radius 2 is 2.36 bits per heavy atom. The normalized spacial score (nSPS) is 11.0. The Labute approximate surface area is 70.1 Å². The van der Waals surface area contributed by atoms with E-state index in [1.54, 1.807) is 0 Å². The molecule has 0 aromatic heterocycles. The molecular weight excluding hydrogens is 161 g/mol. The Balaban J connectivity index is 2.74. The van der Waals surface area contributed by atoms with Gasteiger partial charge in [-0.1, -0.05) is 6.08 Å². The topological polar surface area (TPSA) is 30.5 Å². The van der Waals surface area contributed by atoms with E-state index in [9.17, 15) is 0 Å². The molecule has 0 spiro atoms. The van der Waals surface area contributed by atoms with Crippen LogP contribution in [0.2, 0.25) is 0 Å². The van der Waals surface area contributed by atoms with Crippen LogP contribution in [-0.4, -0.2) is 26.3 Å². The fraction of sp³-hybridized carbons (Fsp3) is 0.714. The van der Waals surface area contributed by atoms with Gasteiger partial charge in [0.05, 0.1) is 13.2 Å². The summed E-state index contributed by atoms with van der Waals surface area (Å²) in [5.41, 5.74) is 0. The minimum Gasteiger partial charge on any atom is -0.337 e. The van der Waals surface area contributed by atoms with Gasteiger partial charge in [-0.2, -0.15) is 0 Å². The van der Waals surface area contributed by atoms with E-state index in [1.165, 1.54) is 0 Å². The van der Waals surface area contributed by atoms with Crippen LogP contribution in [0, 0.1) is 0 Å². The van der Waals surface area contributed by atoms with Crippen LogP contribution < -0.4 is 5.32 Å². The second-order valence-corrected chi connectivity index (χ2v) is 2.60. The zero-order chi connectivity index (χ0) is 8.36. The molecule has 0 amide bonds. The zero-order valence-corrected chi connectivity index (χ0v) is 7.93. The van der Waals surface area contributed by atoms with Crippen molar-refractivity contribution in [2.24, 2.45) is 0 Å². The van der Waals surface area contributed by atoms with E-state index in [-0.39, 0.29) is 9.03 Å². The molecule has 0 saturated heterocycles. The third-order valence-electron chi connectivity index (χ3n) is 0.932. The summed E-state index contributed by atoms with van der Waals surface area (Å²) in [7, 11) is 0.178. The lowest BCUT2D eigenvalue weighted by molar-refractivity contribution is 0.277. The molecule has 0 bridgehead atoms. The molecule has 0 aromatic carbocycles. The minimum atomic E-state index is 0.178. The fourth-order valence-corrected chi connectivity index (χ4v) is 0.856. The highest BCUT2D eigenvalue weighted by Gasteiger charge is 1.85. The van der Waals surface area contributed by atoms with Gasteiger partial charge in [0, 0.05) is 13.1 Å². The molecule has 4 heteroatoms. The van der Waals surface area contributed by atoms with Crippen molar-refractivity contribution in [3.8, 4) is 0 Å². The smallest absolute Gasteiger partial charge is 0.155 e. The maximum atomic E-state index is 5.13. The summed E-state index contributed by atoms with van der Waals surface area (Å²) in [5.74, 6) is 0. The summed E-state index contributed by atoms with van der Waals surface area (Å²) < 4.78 is 10.1. The SMILES string of the molecule is C=CCNCCOPOCC. The summed E-state index contributed by atoms with van der Waals surface area (Å²) in [5, 5.41) is 3.12. The molecule has 0 aliphatic rings. The highest BCUT2D eigenvalue weighted by molar-refractivity contribution is 7.26. The third kappa shape index (κ3) is 10.1. The lowest BCUT2D eigenvalue weighted by atomic mass is 10.6. The van der Waals surface area contributed by atoms with Gasteiger partial charge in [0.15, 0.2) is 9.03 Å². The highest BCUT2D eigenvalue weighted by atomic mass is 31.1. The average Bonchev–Trinajstić information content (AvgIpc) is 2.03. The molecule has 1 unspecified atom stereocenters. The van der Waals surface area contributed by atoms with Crippen LogP contribution in [-0.2, 0) is 9.05 Å². The van der Waals surface area contributed by atoms with Crippen molar-refractivity contribution in [3.63, 3.8) is 0 Å². The second kappa shape index (κ2) is 10.0. The lowest BCUT2D eigenvalue weighted by Crippen LogP contribution is -2.18. The number of rotatable bonds is 8. The van der Waals surface area contributed by atoms with Gasteiger partial charge in [0.25, 0.3) is 0 Å². The summed E-state index contributed by atoms with van der Waals surface area (Å²) in [4.78, 5) is 0. The Morgan fingerprint density at radius 3 is 3.00 bits per heavy atom. The first kappa shape index (κ1) is 11.1. The van der Waals surface area contributed by atoms with Crippen LogP contribution in [0.5, 0.6) is 0 Å². The summed E-state index contributed by atoms with van der Waals surface area (Å²) >= 11 is 0. The Morgan fingerprint density at radius 1 is 1.55 bits per heavy atom. The van der Waals surface area contributed by atoms with E-state index in [1.807, 2.05) is 13.0 Å². The first-order valence-corrected chi connectivity index (χ1v) is 4.53. The molecule has 66 valence electrons. The molecule has 0 saturated carbocycles. The van der Waals surface area contributed by atoms with E-state index in [0.717, 1.165) is 19.7 Å². The van der Waals surface area contributed by atoms with Crippen molar-refractivity contribution in [3.05, 3.63) is 12.7 Å². The van der Waals surface area contributed by atoms with Crippen molar-refractivity contribution in [1.29, 1.82) is 0 Å². The summed E-state index contributed by atoms with van der Waals surface area (Å²) in [6.07, 6.45) is 1.82. The van der Waals surface area contributed by atoms with Gasteiger partial charge in [-0.3, -0.25) is 0 Å². The monoisotopic (exact) mass is 177 g/mol. The van der Waals surface area contributed by atoms with Crippen molar-refractivity contribution >= 4 is 9.03 Å². The maximum absolute atomic E-state index is 5.13. The standard InChI is InChI=1S/C7H16NO2P/c1-3-5-8-6-7-10-11-9-4-2/h3,8,11H,1,4-7H2,2H3. The lowest BCUT2D eigenvalue weighted by Gasteiger charge is -2.02. The molecule has 1 N–H and O–H groups in total. The van der Waals surface area contributed by atoms with Gasteiger partial charge in [-0.25, -0.2) is 0 Å². The number of nitrogens with one attached hydrogen (secondary N) is 1. The van der Waals surface area contributed by atoms with E-state index < -0.39 is 0 Å². The van der Waals surface area contributed by atoms with Crippen molar-refractivity contribution < 1.29 is 9.05 Å². The van der Waals surface area contributed by atoms with Crippen molar-refractivity contribution in [2.75, 3.05) is 26.3 Å². The van der Waals surface area contributed by atoms with Gasteiger partial charge >= 0.3 is 0 Å². The fourth-order valence-electron chi connectivity index (χ4n) is 0.470. The first-order chi connectivity index (χ1) is 5.41. The Kier molecular flexibility index (Phi) is 10.1. The molecule has 0 aromatic rings. The predicted molar refractivity (Wildman–Crippen MR) is 49.0 cm³/mol. The molecule has 0 heterocycles. The quantitative estimate of drug-likeness (QED) is 0.344. The molecule has 0 rings (SSSR count). The third-order valence-corrected chi connectivity index (χ3v) is 1.66. The minimum absolute atomic E-state index is 0.178. The average molecular weight is 177 g/mol. The van der Waals surface area contributed by atoms with E-state index in [2.05, 4.69) is 11.9 Å². The molecule has 0 aliphatic heterocycles. The van der Waals surface area contributed by atoms with Crippen LogP contribution in [0.15, 0.2) is 12.7 Å². The molecule has 0 aliphatic carbocycles. The zero-order valence-electron chi connectivity index (χ0n) is 6.93. The van der Waals surface area contributed by atoms with Gasteiger partial charge in [-0.05, 0) is 6.92 Å². The van der Waals surface area contributed by atoms with Crippen LogP contribution in [0.1, 0.15) is 6.92 Å². The number of hydrogen-bond donors (Lipinski definition) is 1. The summed E-state index contributed by atoms with van der Waals surface area (Å²) in [6.45, 7) is 8.64. The Hall–Kier alpha value is 0.0500. The van der Waals surface area contributed by atoms with Gasteiger partial charge in [-0.15, -0.1) is 6.58 Å². The van der Waals surface area contributed by atoms with Gasteiger partial charge in [0.2, 0.25) is 0 Å². The van der Waals surface area contributed by atoms with Crippen LogP contribution >= 0.6 is 9.03 Å². The molecular formula is C7H16NO2P. The van der Waals surface area contributed by atoms with Gasteiger partial charge in [0.1, 0.15) is 0 Å². The van der Waals surface area contributed by atoms with E-state index >= 15 is 0 Å². The number of hydrogen-bond acceptors (Lipinski definition) is 3.